The molecule has 0 aromatic heterocycles. The third kappa shape index (κ3) is 4.09. The Hall–Kier alpha value is -2.29. The van der Waals surface area contributed by atoms with Crippen molar-refractivity contribution in [2.24, 2.45) is 0 Å². The molecule has 0 aliphatic rings. The van der Waals surface area contributed by atoms with E-state index in [9.17, 15) is 4.79 Å². The Balaban J connectivity index is 1.97. The van der Waals surface area contributed by atoms with Gasteiger partial charge in [0.05, 0.1) is 6.54 Å². The highest BCUT2D eigenvalue weighted by Crippen LogP contribution is 2.17. The molecule has 0 fully saturated rings. The molecule has 21 heavy (non-hydrogen) atoms. The molecule has 0 bridgehead atoms. The van der Waals surface area contributed by atoms with Crippen molar-refractivity contribution < 1.29 is 4.79 Å². The van der Waals surface area contributed by atoms with Gasteiger partial charge in [-0.25, -0.2) is 0 Å². The minimum absolute atomic E-state index is 0.0307. The Labute approximate surface area is 126 Å². The summed E-state index contributed by atoms with van der Waals surface area (Å²) in [7, 11) is 0. The van der Waals surface area contributed by atoms with E-state index in [1.165, 1.54) is 5.56 Å². The molecule has 0 saturated heterocycles. The zero-order chi connectivity index (χ0) is 15.2. The number of carbonyl (C=O) groups excluding carboxylic acids is 1. The van der Waals surface area contributed by atoms with Crippen LogP contribution in [0.5, 0.6) is 0 Å². The van der Waals surface area contributed by atoms with Crippen LogP contribution in [0.15, 0.2) is 42.5 Å². The normalized spacial score (nSPS) is 10.2. The average Bonchev–Trinajstić information content (AvgIpc) is 2.49. The number of benzene rings is 2. The second-order valence-electron chi connectivity index (χ2n) is 5.23. The van der Waals surface area contributed by atoms with Crippen molar-refractivity contribution in [1.82, 2.24) is 0 Å². The van der Waals surface area contributed by atoms with Gasteiger partial charge in [0.25, 0.3) is 0 Å². The number of amides is 1. The summed E-state index contributed by atoms with van der Waals surface area (Å²) in [5.41, 5.74) is 5.38. The van der Waals surface area contributed by atoms with Gasteiger partial charge in [0, 0.05) is 11.4 Å². The van der Waals surface area contributed by atoms with Gasteiger partial charge in [-0.15, -0.1) is 0 Å². The van der Waals surface area contributed by atoms with Crippen molar-refractivity contribution >= 4 is 17.3 Å². The van der Waals surface area contributed by atoms with Gasteiger partial charge in [0.1, 0.15) is 0 Å². The number of hydrogen-bond donors (Lipinski definition) is 2. The van der Waals surface area contributed by atoms with Gasteiger partial charge in [-0.1, -0.05) is 37.3 Å². The van der Waals surface area contributed by atoms with Crippen LogP contribution in [0.3, 0.4) is 0 Å². The number of aryl methyl sites for hydroxylation is 3. The Kier molecular flexibility index (Phi) is 4.99. The van der Waals surface area contributed by atoms with Crippen molar-refractivity contribution in [3.05, 3.63) is 59.2 Å². The maximum Gasteiger partial charge on any atom is 0.243 e. The molecule has 2 aromatic rings. The fourth-order valence-electron chi connectivity index (χ4n) is 2.25. The zero-order valence-corrected chi connectivity index (χ0v) is 12.9. The van der Waals surface area contributed by atoms with E-state index in [1.54, 1.807) is 0 Å². The third-order valence-electron chi connectivity index (χ3n) is 3.50. The molecular formula is C18H22N2O. The van der Waals surface area contributed by atoms with E-state index >= 15 is 0 Å². The highest BCUT2D eigenvalue weighted by molar-refractivity contribution is 5.94. The largest absolute Gasteiger partial charge is 0.376 e. The lowest BCUT2D eigenvalue weighted by atomic mass is 10.1. The van der Waals surface area contributed by atoms with Crippen LogP contribution in [0, 0.1) is 13.8 Å². The van der Waals surface area contributed by atoms with E-state index in [-0.39, 0.29) is 12.5 Å². The Bertz CT molecular complexity index is 635. The second-order valence-corrected chi connectivity index (χ2v) is 5.23. The number of hydrogen-bond acceptors (Lipinski definition) is 2. The minimum atomic E-state index is -0.0307. The monoisotopic (exact) mass is 282 g/mol. The van der Waals surface area contributed by atoms with Crippen LogP contribution in [0.25, 0.3) is 0 Å². The molecule has 0 atom stereocenters. The number of para-hydroxylation sites is 1. The van der Waals surface area contributed by atoms with Crippen molar-refractivity contribution in [2.45, 2.75) is 27.2 Å². The number of anilines is 2. The predicted octanol–water partition coefficient (Wildman–Crippen LogP) is 3.92. The molecule has 0 unspecified atom stereocenters. The summed E-state index contributed by atoms with van der Waals surface area (Å²) in [6.07, 6.45) is 0.904. The van der Waals surface area contributed by atoms with Crippen molar-refractivity contribution in [3.63, 3.8) is 0 Å². The first-order chi connectivity index (χ1) is 10.1. The molecule has 0 saturated carbocycles. The van der Waals surface area contributed by atoms with Crippen LogP contribution in [-0.2, 0) is 11.2 Å². The molecule has 110 valence electrons. The SMILES string of the molecule is CCc1ccccc1NC(=O)CNc1cc(C)ccc1C. The van der Waals surface area contributed by atoms with E-state index in [0.717, 1.165) is 28.9 Å². The molecule has 2 rings (SSSR count). The molecule has 0 aliphatic heterocycles. The standard InChI is InChI=1S/C18H22N2O/c1-4-15-7-5-6-8-16(15)20-18(21)12-19-17-11-13(2)9-10-14(17)3/h5-11,19H,4,12H2,1-3H3,(H,20,21). The lowest BCUT2D eigenvalue weighted by Crippen LogP contribution is -2.22. The Morgan fingerprint density at radius 3 is 2.57 bits per heavy atom. The summed E-state index contributed by atoms with van der Waals surface area (Å²) in [4.78, 5) is 12.1. The van der Waals surface area contributed by atoms with Crippen molar-refractivity contribution in [3.8, 4) is 0 Å². The lowest BCUT2D eigenvalue weighted by molar-refractivity contribution is -0.114. The Morgan fingerprint density at radius 2 is 1.81 bits per heavy atom. The van der Waals surface area contributed by atoms with Crippen LogP contribution in [0.2, 0.25) is 0 Å². The zero-order valence-electron chi connectivity index (χ0n) is 12.9. The van der Waals surface area contributed by atoms with Gasteiger partial charge in [-0.3, -0.25) is 4.79 Å². The molecule has 1 amide bonds. The molecule has 0 spiro atoms. The van der Waals surface area contributed by atoms with Gasteiger partial charge < -0.3 is 10.6 Å². The van der Waals surface area contributed by atoms with Crippen molar-refractivity contribution in [1.29, 1.82) is 0 Å². The molecular weight excluding hydrogens is 260 g/mol. The minimum Gasteiger partial charge on any atom is -0.376 e. The van der Waals surface area contributed by atoms with Gasteiger partial charge in [-0.05, 0) is 49.1 Å². The fourth-order valence-corrected chi connectivity index (χ4v) is 2.25. The van der Waals surface area contributed by atoms with E-state index in [0.29, 0.717) is 0 Å². The summed E-state index contributed by atoms with van der Waals surface area (Å²) in [6, 6.07) is 14.1. The molecule has 3 heteroatoms. The van der Waals surface area contributed by atoms with Gasteiger partial charge in [0.2, 0.25) is 5.91 Å². The first-order valence-corrected chi connectivity index (χ1v) is 7.29. The van der Waals surface area contributed by atoms with E-state index < -0.39 is 0 Å². The summed E-state index contributed by atoms with van der Waals surface area (Å²) in [5.74, 6) is -0.0307. The van der Waals surface area contributed by atoms with E-state index in [1.807, 2.05) is 38.1 Å². The number of nitrogens with one attached hydrogen (secondary N) is 2. The number of carbonyl (C=O) groups is 1. The highest BCUT2D eigenvalue weighted by Gasteiger charge is 2.06. The molecule has 0 radical (unpaired) electrons. The van der Waals surface area contributed by atoms with Crippen LogP contribution >= 0.6 is 0 Å². The molecule has 2 aromatic carbocycles. The third-order valence-corrected chi connectivity index (χ3v) is 3.50. The first kappa shape index (κ1) is 15.1. The summed E-state index contributed by atoms with van der Waals surface area (Å²) in [5, 5.41) is 6.16. The molecule has 2 N–H and O–H groups in total. The molecule has 3 nitrogen and oxygen atoms in total. The molecule has 0 heterocycles. The van der Waals surface area contributed by atoms with Gasteiger partial charge >= 0.3 is 0 Å². The fraction of sp³-hybridized carbons (Fsp3) is 0.278. The predicted molar refractivity (Wildman–Crippen MR) is 88.9 cm³/mol. The van der Waals surface area contributed by atoms with Gasteiger partial charge in [-0.2, -0.15) is 0 Å². The quantitative estimate of drug-likeness (QED) is 0.872. The smallest absolute Gasteiger partial charge is 0.243 e. The van der Waals surface area contributed by atoms with Crippen molar-refractivity contribution in [2.75, 3.05) is 17.2 Å². The summed E-state index contributed by atoms with van der Waals surface area (Å²) >= 11 is 0. The second kappa shape index (κ2) is 6.93. The summed E-state index contributed by atoms with van der Waals surface area (Å²) in [6.45, 7) is 6.43. The number of rotatable bonds is 5. The molecule has 0 aliphatic carbocycles. The Morgan fingerprint density at radius 1 is 1.05 bits per heavy atom. The maximum absolute atomic E-state index is 12.1. The topological polar surface area (TPSA) is 41.1 Å². The summed E-state index contributed by atoms with van der Waals surface area (Å²) < 4.78 is 0. The van der Waals surface area contributed by atoms with Crippen LogP contribution in [-0.4, -0.2) is 12.5 Å². The van der Waals surface area contributed by atoms with Crippen LogP contribution < -0.4 is 10.6 Å². The average molecular weight is 282 g/mol. The van der Waals surface area contributed by atoms with E-state index in [2.05, 4.69) is 35.8 Å². The lowest BCUT2D eigenvalue weighted by Gasteiger charge is -2.12. The van der Waals surface area contributed by atoms with E-state index in [4.69, 9.17) is 0 Å². The maximum atomic E-state index is 12.1. The highest BCUT2D eigenvalue weighted by atomic mass is 16.1. The van der Waals surface area contributed by atoms with Crippen LogP contribution in [0.4, 0.5) is 11.4 Å². The first-order valence-electron chi connectivity index (χ1n) is 7.29. The van der Waals surface area contributed by atoms with Crippen LogP contribution in [0.1, 0.15) is 23.6 Å². The van der Waals surface area contributed by atoms with Gasteiger partial charge in [0.15, 0.2) is 0 Å².